The van der Waals surface area contributed by atoms with Gasteiger partial charge in [0, 0.05) is 12.5 Å². The minimum atomic E-state index is -0.750. The summed E-state index contributed by atoms with van der Waals surface area (Å²) in [6.45, 7) is 2.48. The van der Waals surface area contributed by atoms with E-state index in [9.17, 15) is 4.79 Å². The van der Waals surface area contributed by atoms with E-state index in [0.29, 0.717) is 6.42 Å². The van der Waals surface area contributed by atoms with Gasteiger partial charge in [0.05, 0.1) is 12.5 Å². The Balaban J connectivity index is 2.15. The van der Waals surface area contributed by atoms with Gasteiger partial charge in [0.2, 0.25) is 0 Å². The molecule has 0 bridgehead atoms. The number of carboxylic acid groups (broad SMARTS) is 1. The number of fused-ring (bicyclic) bond motifs is 1. The summed E-state index contributed by atoms with van der Waals surface area (Å²) in [5, 5.41) is 12.2. The van der Waals surface area contributed by atoms with Crippen LogP contribution in [-0.4, -0.2) is 24.7 Å². The highest BCUT2D eigenvalue weighted by Gasteiger charge is 2.20. The molecular weight excluding hydrogens is 230 g/mol. The highest BCUT2D eigenvalue weighted by atomic mass is 16.5. The summed E-state index contributed by atoms with van der Waals surface area (Å²) in [6, 6.07) is 6.19. The third-order valence-electron chi connectivity index (χ3n) is 3.48. The molecule has 0 aromatic heterocycles. The van der Waals surface area contributed by atoms with E-state index in [1.54, 1.807) is 6.92 Å². The van der Waals surface area contributed by atoms with Crippen LogP contribution >= 0.6 is 0 Å². The largest absolute Gasteiger partial charge is 0.493 e. The summed E-state index contributed by atoms with van der Waals surface area (Å²) in [5.74, 6) is -0.147. The van der Waals surface area contributed by atoms with Crippen LogP contribution < -0.4 is 10.1 Å². The van der Waals surface area contributed by atoms with Crippen molar-refractivity contribution in [3.05, 3.63) is 29.3 Å². The summed E-state index contributed by atoms with van der Waals surface area (Å²) in [4.78, 5) is 10.9. The van der Waals surface area contributed by atoms with E-state index in [-0.39, 0.29) is 12.0 Å². The Bertz CT molecular complexity index is 445. The maximum atomic E-state index is 10.9. The van der Waals surface area contributed by atoms with Gasteiger partial charge in [-0.1, -0.05) is 19.1 Å². The van der Waals surface area contributed by atoms with Crippen molar-refractivity contribution in [1.29, 1.82) is 0 Å². The molecular formula is C14H19NO3. The van der Waals surface area contributed by atoms with Crippen molar-refractivity contribution in [2.75, 3.05) is 13.7 Å². The maximum Gasteiger partial charge on any atom is 0.306 e. The lowest BCUT2D eigenvalue weighted by molar-refractivity contribution is -0.141. The van der Waals surface area contributed by atoms with E-state index in [1.165, 1.54) is 5.56 Å². The molecule has 0 aliphatic carbocycles. The average Bonchev–Trinajstić information content (AvgIpc) is 2.82. The van der Waals surface area contributed by atoms with Crippen LogP contribution in [0.4, 0.5) is 0 Å². The predicted octanol–water partition coefficient (Wildman–Crippen LogP) is 1.99. The molecule has 2 unspecified atom stereocenters. The van der Waals surface area contributed by atoms with E-state index in [0.717, 1.165) is 24.3 Å². The molecule has 1 aliphatic heterocycles. The molecule has 0 saturated heterocycles. The first-order valence-corrected chi connectivity index (χ1v) is 6.27. The Morgan fingerprint density at radius 1 is 1.56 bits per heavy atom. The zero-order valence-corrected chi connectivity index (χ0v) is 10.8. The number of aliphatic carboxylic acids is 1. The second-order valence-corrected chi connectivity index (χ2v) is 4.78. The highest BCUT2D eigenvalue weighted by Crippen LogP contribution is 2.30. The van der Waals surface area contributed by atoms with E-state index in [1.807, 2.05) is 19.2 Å². The van der Waals surface area contributed by atoms with Crippen LogP contribution in [0.3, 0.4) is 0 Å². The number of nitrogens with one attached hydrogen (secondary N) is 1. The summed E-state index contributed by atoms with van der Waals surface area (Å²) in [6.07, 6.45) is 1.53. The monoisotopic (exact) mass is 249 g/mol. The lowest BCUT2D eigenvalue weighted by atomic mass is 9.94. The summed E-state index contributed by atoms with van der Waals surface area (Å²) in [5.41, 5.74) is 2.35. The number of hydrogen-bond acceptors (Lipinski definition) is 3. The molecule has 1 heterocycles. The van der Waals surface area contributed by atoms with Crippen molar-refractivity contribution >= 4 is 5.97 Å². The van der Waals surface area contributed by atoms with Crippen LogP contribution in [0.2, 0.25) is 0 Å². The van der Waals surface area contributed by atoms with Gasteiger partial charge in [-0.05, 0) is 30.7 Å². The van der Waals surface area contributed by atoms with E-state index < -0.39 is 5.97 Å². The number of rotatable bonds is 5. The van der Waals surface area contributed by atoms with Crippen LogP contribution in [0.1, 0.15) is 30.5 Å². The molecule has 1 aliphatic rings. The van der Waals surface area contributed by atoms with Crippen molar-refractivity contribution in [2.24, 2.45) is 5.92 Å². The van der Waals surface area contributed by atoms with Crippen LogP contribution in [0, 0.1) is 5.92 Å². The van der Waals surface area contributed by atoms with Crippen molar-refractivity contribution in [1.82, 2.24) is 5.32 Å². The lowest BCUT2D eigenvalue weighted by Crippen LogP contribution is -2.22. The molecule has 1 aromatic rings. The van der Waals surface area contributed by atoms with Crippen molar-refractivity contribution in [3.63, 3.8) is 0 Å². The highest BCUT2D eigenvalue weighted by molar-refractivity contribution is 5.69. The van der Waals surface area contributed by atoms with Crippen molar-refractivity contribution in [3.8, 4) is 5.75 Å². The molecule has 0 radical (unpaired) electrons. The number of carbonyl (C=O) groups is 1. The van der Waals surface area contributed by atoms with E-state index in [4.69, 9.17) is 9.84 Å². The quantitative estimate of drug-likeness (QED) is 0.838. The maximum absolute atomic E-state index is 10.9. The first-order valence-electron chi connectivity index (χ1n) is 6.27. The summed E-state index contributed by atoms with van der Waals surface area (Å²) in [7, 11) is 1.86. The fraction of sp³-hybridized carbons (Fsp3) is 0.500. The van der Waals surface area contributed by atoms with Crippen LogP contribution in [0.25, 0.3) is 0 Å². The zero-order chi connectivity index (χ0) is 13.1. The van der Waals surface area contributed by atoms with Gasteiger partial charge < -0.3 is 15.2 Å². The number of hydrogen-bond donors (Lipinski definition) is 2. The number of benzene rings is 1. The molecule has 2 atom stereocenters. The van der Waals surface area contributed by atoms with E-state index >= 15 is 0 Å². The molecule has 4 nitrogen and oxygen atoms in total. The second-order valence-electron chi connectivity index (χ2n) is 4.78. The van der Waals surface area contributed by atoms with Gasteiger partial charge in [0.25, 0.3) is 0 Å². The SMILES string of the molecule is CNC(CC(C)C(=O)O)c1ccc2c(c1)CCO2. The Morgan fingerprint density at radius 2 is 2.33 bits per heavy atom. The normalized spacial score (nSPS) is 16.8. The van der Waals surface area contributed by atoms with Gasteiger partial charge >= 0.3 is 5.97 Å². The van der Waals surface area contributed by atoms with Crippen LogP contribution in [0.5, 0.6) is 5.75 Å². The molecule has 1 aromatic carbocycles. The Labute approximate surface area is 107 Å². The Kier molecular flexibility index (Phi) is 3.87. The van der Waals surface area contributed by atoms with Crippen molar-refractivity contribution in [2.45, 2.75) is 25.8 Å². The molecule has 2 rings (SSSR count). The zero-order valence-electron chi connectivity index (χ0n) is 10.8. The van der Waals surface area contributed by atoms with Gasteiger partial charge in [0.1, 0.15) is 5.75 Å². The summed E-state index contributed by atoms with van der Waals surface area (Å²) < 4.78 is 5.47. The number of carboxylic acids is 1. The Morgan fingerprint density at radius 3 is 3.00 bits per heavy atom. The molecule has 98 valence electrons. The van der Waals surface area contributed by atoms with Gasteiger partial charge in [0.15, 0.2) is 0 Å². The average molecular weight is 249 g/mol. The molecule has 0 amide bonds. The molecule has 0 saturated carbocycles. The fourth-order valence-electron chi connectivity index (χ4n) is 2.30. The van der Waals surface area contributed by atoms with Gasteiger partial charge in [-0.25, -0.2) is 0 Å². The second kappa shape index (κ2) is 5.40. The topological polar surface area (TPSA) is 58.6 Å². The minimum absolute atomic E-state index is 0.0713. The Hall–Kier alpha value is -1.55. The van der Waals surface area contributed by atoms with Crippen LogP contribution in [0.15, 0.2) is 18.2 Å². The van der Waals surface area contributed by atoms with Crippen molar-refractivity contribution < 1.29 is 14.6 Å². The molecule has 0 spiro atoms. The molecule has 0 fully saturated rings. The smallest absolute Gasteiger partial charge is 0.306 e. The minimum Gasteiger partial charge on any atom is -0.493 e. The molecule has 18 heavy (non-hydrogen) atoms. The predicted molar refractivity (Wildman–Crippen MR) is 68.9 cm³/mol. The molecule has 4 heteroatoms. The van der Waals surface area contributed by atoms with Gasteiger partial charge in [-0.3, -0.25) is 4.79 Å². The fourth-order valence-corrected chi connectivity index (χ4v) is 2.30. The van der Waals surface area contributed by atoms with Gasteiger partial charge in [-0.15, -0.1) is 0 Å². The van der Waals surface area contributed by atoms with E-state index in [2.05, 4.69) is 11.4 Å². The third-order valence-corrected chi connectivity index (χ3v) is 3.48. The number of ether oxygens (including phenoxy) is 1. The standard InChI is InChI=1S/C14H19NO3/c1-9(14(16)17)7-12(15-2)10-3-4-13-11(8-10)5-6-18-13/h3-4,8-9,12,15H,5-7H2,1-2H3,(H,16,17). The molecule has 2 N–H and O–H groups in total. The third kappa shape index (κ3) is 2.64. The van der Waals surface area contributed by atoms with Gasteiger partial charge in [-0.2, -0.15) is 0 Å². The van der Waals surface area contributed by atoms with Crippen LogP contribution in [-0.2, 0) is 11.2 Å². The first kappa shape index (κ1) is 12.9. The lowest BCUT2D eigenvalue weighted by Gasteiger charge is -2.19. The first-order chi connectivity index (χ1) is 8.61. The summed E-state index contributed by atoms with van der Waals surface area (Å²) >= 11 is 0.